The van der Waals surface area contributed by atoms with Crippen LogP contribution < -0.4 is 5.32 Å². The van der Waals surface area contributed by atoms with Gasteiger partial charge in [0.2, 0.25) is 0 Å². The third kappa shape index (κ3) is 4.02. The minimum Gasteiger partial charge on any atom is -0.352 e. The number of rotatable bonds is 4. The van der Waals surface area contributed by atoms with E-state index in [1.54, 1.807) is 0 Å². The van der Waals surface area contributed by atoms with Crippen molar-refractivity contribution < 1.29 is 4.79 Å². The number of nitrogens with one attached hydrogen (secondary N) is 1. The third-order valence-electron chi connectivity index (χ3n) is 2.81. The molecule has 98 valence electrons. The fourth-order valence-corrected chi connectivity index (χ4v) is 1.87. The molecule has 0 saturated carbocycles. The molecular weight excluding hydrogens is 222 g/mol. The van der Waals surface area contributed by atoms with Gasteiger partial charge >= 0.3 is 0 Å². The van der Waals surface area contributed by atoms with Crippen molar-refractivity contribution in [1.82, 2.24) is 5.32 Å². The molecule has 2 heteroatoms. The van der Waals surface area contributed by atoms with E-state index in [1.165, 1.54) is 0 Å². The van der Waals surface area contributed by atoms with E-state index in [-0.39, 0.29) is 11.3 Å². The highest BCUT2D eigenvalue weighted by Crippen LogP contribution is 2.25. The molecule has 0 fully saturated rings. The van der Waals surface area contributed by atoms with Crippen molar-refractivity contribution in [2.24, 2.45) is 0 Å². The van der Waals surface area contributed by atoms with E-state index in [2.05, 4.69) is 32.2 Å². The van der Waals surface area contributed by atoms with Crippen molar-refractivity contribution in [3.63, 3.8) is 0 Å². The summed E-state index contributed by atoms with van der Waals surface area (Å²) in [7, 11) is 0. The van der Waals surface area contributed by atoms with Crippen LogP contribution in [0.25, 0.3) is 0 Å². The topological polar surface area (TPSA) is 29.1 Å². The molecule has 1 aromatic carbocycles. The van der Waals surface area contributed by atoms with Crippen LogP contribution in [0.1, 0.15) is 50.0 Å². The highest BCUT2D eigenvalue weighted by molar-refractivity contribution is 5.96. The van der Waals surface area contributed by atoms with Crippen LogP contribution >= 0.6 is 0 Å². The fourth-order valence-electron chi connectivity index (χ4n) is 1.87. The van der Waals surface area contributed by atoms with E-state index in [0.717, 1.165) is 17.5 Å². The molecule has 18 heavy (non-hydrogen) atoms. The standard InChI is InChI=1S/C16H23NO/c1-5-6-9-12-17-15(18)13-10-7-8-11-14(13)16(2,3)4/h5-8,10-11H,9,12H2,1-4H3,(H,17,18)/b6-5+. The third-order valence-corrected chi connectivity index (χ3v) is 2.81. The van der Waals surface area contributed by atoms with Gasteiger partial charge in [0.15, 0.2) is 0 Å². The second-order valence-electron chi connectivity index (χ2n) is 5.41. The van der Waals surface area contributed by atoms with E-state index < -0.39 is 0 Å². The first-order valence-corrected chi connectivity index (χ1v) is 6.45. The first-order valence-electron chi connectivity index (χ1n) is 6.45. The molecule has 1 aromatic rings. The van der Waals surface area contributed by atoms with Crippen molar-refractivity contribution in [2.45, 2.75) is 39.5 Å². The van der Waals surface area contributed by atoms with E-state index in [1.807, 2.05) is 37.3 Å². The molecule has 0 unspecified atom stereocenters. The lowest BCUT2D eigenvalue weighted by Crippen LogP contribution is -2.27. The second kappa shape index (κ2) is 6.39. The van der Waals surface area contributed by atoms with Crippen LogP contribution in [-0.2, 0) is 5.41 Å². The Balaban J connectivity index is 2.80. The summed E-state index contributed by atoms with van der Waals surface area (Å²) in [6.07, 6.45) is 4.92. The van der Waals surface area contributed by atoms with E-state index in [4.69, 9.17) is 0 Å². The summed E-state index contributed by atoms with van der Waals surface area (Å²) in [6.45, 7) is 9.04. The maximum Gasteiger partial charge on any atom is 0.251 e. The zero-order valence-corrected chi connectivity index (χ0v) is 11.8. The van der Waals surface area contributed by atoms with Gasteiger partial charge in [0.25, 0.3) is 5.91 Å². The maximum atomic E-state index is 12.1. The monoisotopic (exact) mass is 245 g/mol. The van der Waals surface area contributed by atoms with Crippen LogP contribution in [0.5, 0.6) is 0 Å². The Kier molecular flexibility index (Phi) is 5.14. The SMILES string of the molecule is C/C=C/CCNC(=O)c1ccccc1C(C)(C)C. The van der Waals surface area contributed by atoms with Crippen LogP contribution in [0, 0.1) is 0 Å². The maximum absolute atomic E-state index is 12.1. The van der Waals surface area contributed by atoms with Gasteiger partial charge in [-0.15, -0.1) is 0 Å². The molecule has 0 aliphatic rings. The number of hydrogen-bond donors (Lipinski definition) is 1. The van der Waals surface area contributed by atoms with Gasteiger partial charge in [-0.05, 0) is 30.4 Å². The smallest absolute Gasteiger partial charge is 0.251 e. The molecule has 0 aliphatic heterocycles. The number of benzene rings is 1. The minimum atomic E-state index is -0.0166. The van der Waals surface area contributed by atoms with Crippen molar-refractivity contribution in [1.29, 1.82) is 0 Å². The number of carbonyl (C=O) groups is 1. The molecule has 0 bridgehead atoms. The number of amides is 1. The van der Waals surface area contributed by atoms with Crippen LogP contribution in [0.2, 0.25) is 0 Å². The molecule has 0 radical (unpaired) electrons. The quantitative estimate of drug-likeness (QED) is 0.636. The Bertz CT molecular complexity index is 427. The van der Waals surface area contributed by atoms with Crippen molar-refractivity contribution in [3.05, 3.63) is 47.5 Å². The van der Waals surface area contributed by atoms with E-state index in [0.29, 0.717) is 6.54 Å². The first-order chi connectivity index (χ1) is 8.46. The van der Waals surface area contributed by atoms with Gasteiger partial charge in [-0.3, -0.25) is 4.79 Å². The van der Waals surface area contributed by atoms with Crippen molar-refractivity contribution in [2.75, 3.05) is 6.54 Å². The zero-order chi connectivity index (χ0) is 13.6. The Morgan fingerprint density at radius 1 is 1.28 bits per heavy atom. The van der Waals surface area contributed by atoms with Crippen LogP contribution in [-0.4, -0.2) is 12.5 Å². The molecule has 0 heterocycles. The van der Waals surface area contributed by atoms with Crippen molar-refractivity contribution >= 4 is 5.91 Å². The van der Waals surface area contributed by atoms with Gasteiger partial charge < -0.3 is 5.32 Å². The van der Waals surface area contributed by atoms with Crippen LogP contribution in [0.3, 0.4) is 0 Å². The summed E-state index contributed by atoms with van der Waals surface area (Å²) in [6, 6.07) is 7.82. The average molecular weight is 245 g/mol. The lowest BCUT2D eigenvalue weighted by molar-refractivity contribution is 0.0952. The highest BCUT2D eigenvalue weighted by Gasteiger charge is 2.20. The summed E-state index contributed by atoms with van der Waals surface area (Å²) in [5, 5.41) is 2.96. The van der Waals surface area contributed by atoms with Gasteiger partial charge in [0, 0.05) is 12.1 Å². The lowest BCUT2D eigenvalue weighted by atomic mass is 9.83. The summed E-state index contributed by atoms with van der Waals surface area (Å²) in [5.41, 5.74) is 1.86. The largest absolute Gasteiger partial charge is 0.352 e. The molecular formula is C16H23NO. The Labute approximate surface area is 110 Å². The highest BCUT2D eigenvalue weighted by atomic mass is 16.1. The Morgan fingerprint density at radius 3 is 2.56 bits per heavy atom. The Hall–Kier alpha value is -1.57. The van der Waals surface area contributed by atoms with Gasteiger partial charge in [-0.2, -0.15) is 0 Å². The van der Waals surface area contributed by atoms with Gasteiger partial charge in [-0.25, -0.2) is 0 Å². The summed E-state index contributed by atoms with van der Waals surface area (Å²) >= 11 is 0. The molecule has 0 aliphatic carbocycles. The predicted octanol–water partition coefficient (Wildman–Crippen LogP) is 3.68. The van der Waals surface area contributed by atoms with Crippen LogP contribution in [0.15, 0.2) is 36.4 Å². The van der Waals surface area contributed by atoms with E-state index in [9.17, 15) is 4.79 Å². The summed E-state index contributed by atoms with van der Waals surface area (Å²) in [5.74, 6) is 0.0185. The molecule has 1 amide bonds. The number of allylic oxidation sites excluding steroid dienone is 1. The molecule has 0 atom stereocenters. The summed E-state index contributed by atoms with van der Waals surface area (Å²) < 4.78 is 0. The molecule has 1 rings (SSSR count). The van der Waals surface area contributed by atoms with Gasteiger partial charge in [0.1, 0.15) is 0 Å². The lowest BCUT2D eigenvalue weighted by Gasteiger charge is -2.22. The normalized spacial score (nSPS) is 11.8. The predicted molar refractivity (Wildman–Crippen MR) is 76.9 cm³/mol. The molecule has 2 nitrogen and oxygen atoms in total. The van der Waals surface area contributed by atoms with E-state index >= 15 is 0 Å². The average Bonchev–Trinajstić information content (AvgIpc) is 2.33. The molecule has 0 saturated heterocycles. The van der Waals surface area contributed by atoms with Crippen LogP contribution in [0.4, 0.5) is 0 Å². The molecule has 0 spiro atoms. The Morgan fingerprint density at radius 2 is 1.94 bits per heavy atom. The second-order valence-corrected chi connectivity index (χ2v) is 5.41. The summed E-state index contributed by atoms with van der Waals surface area (Å²) in [4.78, 5) is 12.1. The number of carbonyl (C=O) groups excluding carboxylic acids is 1. The molecule has 0 aromatic heterocycles. The first kappa shape index (κ1) is 14.5. The van der Waals surface area contributed by atoms with Gasteiger partial charge in [-0.1, -0.05) is 51.1 Å². The van der Waals surface area contributed by atoms with Crippen molar-refractivity contribution in [3.8, 4) is 0 Å². The fraction of sp³-hybridized carbons (Fsp3) is 0.438. The minimum absolute atomic E-state index is 0.0166. The van der Waals surface area contributed by atoms with Gasteiger partial charge in [0.05, 0.1) is 0 Å². The number of hydrogen-bond acceptors (Lipinski definition) is 1. The molecule has 1 N–H and O–H groups in total. The zero-order valence-electron chi connectivity index (χ0n) is 11.8.